The highest BCUT2D eigenvalue weighted by molar-refractivity contribution is 5.97. The van der Waals surface area contributed by atoms with Crippen LogP contribution in [0.15, 0.2) is 24.3 Å². The van der Waals surface area contributed by atoms with Crippen LogP contribution in [0.3, 0.4) is 0 Å². The first kappa shape index (κ1) is 16.0. The highest BCUT2D eigenvalue weighted by Crippen LogP contribution is 2.42. The lowest BCUT2D eigenvalue weighted by molar-refractivity contribution is -0.310. The molecule has 1 aliphatic heterocycles. The zero-order chi connectivity index (χ0) is 16.6. The van der Waals surface area contributed by atoms with Crippen LogP contribution in [-0.4, -0.2) is 35.2 Å². The van der Waals surface area contributed by atoms with Crippen molar-refractivity contribution in [3.8, 4) is 0 Å². The first-order chi connectivity index (χ1) is 10.9. The van der Waals surface area contributed by atoms with Crippen LogP contribution in [0.2, 0.25) is 0 Å². The molecule has 5 heteroatoms. The Morgan fingerprint density at radius 1 is 1.22 bits per heavy atom. The lowest BCUT2D eigenvalue weighted by atomic mass is 9.83. The molecule has 1 aromatic carbocycles. The summed E-state index contributed by atoms with van der Waals surface area (Å²) in [5.41, 5.74) is 0.751. The molecule has 1 saturated carbocycles. The molecule has 0 aromatic heterocycles. The number of hydrogen-bond acceptors (Lipinski definition) is 4. The van der Waals surface area contributed by atoms with Crippen LogP contribution in [0.25, 0.3) is 0 Å². The summed E-state index contributed by atoms with van der Waals surface area (Å²) in [5, 5.41) is 11.5. The van der Waals surface area contributed by atoms with E-state index in [0.29, 0.717) is 24.3 Å². The topological polar surface area (TPSA) is 69.7 Å². The summed E-state index contributed by atoms with van der Waals surface area (Å²) in [6.07, 6.45) is 3.21. The van der Waals surface area contributed by atoms with E-state index in [1.807, 2.05) is 19.1 Å². The Bertz CT molecular complexity index is 602. The van der Waals surface area contributed by atoms with Crippen molar-refractivity contribution >= 4 is 11.9 Å². The fraction of sp³-hybridized carbons (Fsp3) is 0.556. The Labute approximate surface area is 136 Å². The molecular formula is C18H22NO4-. The summed E-state index contributed by atoms with van der Waals surface area (Å²) >= 11 is 0. The summed E-state index contributed by atoms with van der Waals surface area (Å²) in [7, 11) is 0. The number of ether oxygens (including phenoxy) is 1. The van der Waals surface area contributed by atoms with Gasteiger partial charge in [0.05, 0.1) is 18.6 Å². The van der Waals surface area contributed by atoms with Gasteiger partial charge in [0.15, 0.2) is 0 Å². The number of carbonyl (C=O) groups excluding carboxylic acids is 2. The average molecular weight is 316 g/mol. The normalized spacial score (nSPS) is 30.6. The number of benzene rings is 1. The van der Waals surface area contributed by atoms with Crippen LogP contribution in [0.1, 0.15) is 48.5 Å². The molecule has 1 aliphatic carbocycles. The van der Waals surface area contributed by atoms with E-state index in [0.717, 1.165) is 18.4 Å². The monoisotopic (exact) mass is 316 g/mol. The van der Waals surface area contributed by atoms with Crippen LogP contribution in [0.5, 0.6) is 0 Å². The minimum Gasteiger partial charge on any atom is -0.548 e. The van der Waals surface area contributed by atoms with Crippen molar-refractivity contribution in [1.29, 1.82) is 0 Å². The van der Waals surface area contributed by atoms with Crippen molar-refractivity contribution in [3.05, 3.63) is 35.4 Å². The molecule has 2 fully saturated rings. The molecule has 3 rings (SSSR count). The van der Waals surface area contributed by atoms with E-state index < -0.39 is 17.7 Å². The predicted octanol–water partition coefficient (Wildman–Crippen LogP) is 1.49. The van der Waals surface area contributed by atoms with E-state index in [-0.39, 0.29) is 12.5 Å². The Morgan fingerprint density at radius 3 is 2.39 bits per heavy atom. The molecule has 5 nitrogen and oxygen atoms in total. The second kappa shape index (κ2) is 5.96. The first-order valence-corrected chi connectivity index (χ1v) is 8.18. The molecule has 1 heterocycles. The highest BCUT2D eigenvalue weighted by Gasteiger charge is 2.51. The van der Waals surface area contributed by atoms with E-state index in [1.54, 1.807) is 12.1 Å². The molecule has 0 radical (unpaired) electrons. The minimum absolute atomic E-state index is 0.00825. The summed E-state index contributed by atoms with van der Waals surface area (Å²) in [5.74, 6) is -0.963. The fourth-order valence-corrected chi connectivity index (χ4v) is 3.60. The number of nitrogens with zero attached hydrogens (tertiary/aromatic N) is 1. The van der Waals surface area contributed by atoms with Crippen LogP contribution < -0.4 is 5.11 Å². The maximum atomic E-state index is 13.0. The lowest BCUT2D eigenvalue weighted by Crippen LogP contribution is -2.57. The zero-order valence-corrected chi connectivity index (χ0v) is 13.6. The van der Waals surface area contributed by atoms with Gasteiger partial charge in [0.1, 0.15) is 5.72 Å². The quantitative estimate of drug-likeness (QED) is 0.829. The van der Waals surface area contributed by atoms with Crippen molar-refractivity contribution in [2.45, 2.75) is 51.3 Å². The van der Waals surface area contributed by atoms with Crippen molar-refractivity contribution in [1.82, 2.24) is 4.90 Å². The average Bonchev–Trinajstić information content (AvgIpc) is 2.90. The van der Waals surface area contributed by atoms with Gasteiger partial charge in [-0.15, -0.1) is 0 Å². The van der Waals surface area contributed by atoms with Gasteiger partial charge in [-0.2, -0.15) is 0 Å². The number of carbonyl (C=O) groups is 2. The zero-order valence-electron chi connectivity index (χ0n) is 13.6. The third-order valence-electron chi connectivity index (χ3n) is 5.11. The van der Waals surface area contributed by atoms with E-state index >= 15 is 0 Å². The Balaban J connectivity index is 1.94. The number of aliphatic carboxylic acids is 1. The molecule has 1 atom stereocenters. The summed E-state index contributed by atoms with van der Waals surface area (Å²) in [4.78, 5) is 25.9. The van der Waals surface area contributed by atoms with Crippen LogP contribution in [0, 0.1) is 12.8 Å². The summed E-state index contributed by atoms with van der Waals surface area (Å²) < 4.78 is 5.87. The number of amides is 1. The largest absolute Gasteiger partial charge is 0.548 e. The molecular weight excluding hydrogens is 294 g/mol. The molecule has 1 spiro atoms. The second-order valence-corrected chi connectivity index (χ2v) is 6.82. The van der Waals surface area contributed by atoms with Gasteiger partial charge in [-0.1, -0.05) is 24.6 Å². The first-order valence-electron chi connectivity index (χ1n) is 8.18. The number of rotatable bonds is 2. The maximum absolute atomic E-state index is 13.0. The second-order valence-electron chi connectivity index (χ2n) is 6.82. The highest BCUT2D eigenvalue weighted by atomic mass is 16.5. The van der Waals surface area contributed by atoms with Gasteiger partial charge in [0.2, 0.25) is 0 Å². The van der Waals surface area contributed by atoms with Gasteiger partial charge in [0.25, 0.3) is 5.91 Å². The SMILES string of the molecule is Cc1ccc(C(=O)N2[C@H](C(=O)[O-])COC23CCC(C)CC3)cc1. The van der Waals surface area contributed by atoms with Crippen molar-refractivity contribution < 1.29 is 19.4 Å². The van der Waals surface area contributed by atoms with E-state index in [4.69, 9.17) is 4.74 Å². The Kier molecular flexibility index (Phi) is 4.15. The third kappa shape index (κ3) is 2.85. The van der Waals surface area contributed by atoms with Gasteiger partial charge in [0, 0.05) is 5.56 Å². The van der Waals surface area contributed by atoms with E-state index in [9.17, 15) is 14.7 Å². The third-order valence-corrected chi connectivity index (χ3v) is 5.11. The summed E-state index contributed by atoms with van der Waals surface area (Å²) in [6, 6.07) is 6.17. The van der Waals surface area contributed by atoms with Gasteiger partial charge in [-0.3, -0.25) is 9.69 Å². The number of carboxylic acid groups (broad SMARTS) is 1. The minimum atomic E-state index is -1.25. The standard InChI is InChI=1S/C18H23NO4/c1-12-3-5-14(6-4-12)16(20)19-15(17(21)22)11-23-18(19)9-7-13(2)8-10-18/h3-6,13,15H,7-11H2,1-2H3,(H,21,22)/p-1/t13?,15-,18?/m0/s1. The van der Waals surface area contributed by atoms with Crippen LogP contribution in [0.4, 0.5) is 0 Å². The molecule has 124 valence electrons. The molecule has 2 aliphatic rings. The molecule has 0 unspecified atom stereocenters. The van der Waals surface area contributed by atoms with Gasteiger partial charge in [-0.05, 0) is 50.7 Å². The molecule has 1 saturated heterocycles. The van der Waals surface area contributed by atoms with E-state index in [1.165, 1.54) is 4.90 Å². The summed E-state index contributed by atoms with van der Waals surface area (Å²) in [6.45, 7) is 4.12. The van der Waals surface area contributed by atoms with Crippen molar-refractivity contribution in [2.75, 3.05) is 6.61 Å². The van der Waals surface area contributed by atoms with Crippen LogP contribution in [-0.2, 0) is 9.53 Å². The molecule has 0 bridgehead atoms. The predicted molar refractivity (Wildman–Crippen MR) is 82.5 cm³/mol. The number of hydrogen-bond donors (Lipinski definition) is 0. The number of aryl methyl sites for hydroxylation is 1. The molecule has 0 N–H and O–H groups in total. The Hall–Kier alpha value is -1.88. The molecule has 23 heavy (non-hydrogen) atoms. The van der Waals surface area contributed by atoms with Crippen molar-refractivity contribution in [2.24, 2.45) is 5.92 Å². The van der Waals surface area contributed by atoms with Gasteiger partial charge >= 0.3 is 0 Å². The molecule has 1 aromatic rings. The van der Waals surface area contributed by atoms with Gasteiger partial charge < -0.3 is 14.6 Å². The smallest absolute Gasteiger partial charge is 0.256 e. The molecule has 1 amide bonds. The van der Waals surface area contributed by atoms with E-state index in [2.05, 4.69) is 6.92 Å². The van der Waals surface area contributed by atoms with Crippen LogP contribution >= 0.6 is 0 Å². The number of carboxylic acids is 1. The van der Waals surface area contributed by atoms with Crippen molar-refractivity contribution in [3.63, 3.8) is 0 Å². The fourth-order valence-electron chi connectivity index (χ4n) is 3.60. The lowest BCUT2D eigenvalue weighted by Gasteiger charge is -2.43. The maximum Gasteiger partial charge on any atom is 0.256 e. The Morgan fingerprint density at radius 2 is 1.83 bits per heavy atom. The van der Waals surface area contributed by atoms with Gasteiger partial charge in [-0.25, -0.2) is 0 Å².